The molecule has 0 radical (unpaired) electrons. The Balaban J connectivity index is 2.83. The van der Waals surface area contributed by atoms with Crippen LogP contribution in [0.2, 0.25) is 0 Å². The van der Waals surface area contributed by atoms with Crippen LogP contribution in [-0.4, -0.2) is 23.9 Å². The number of hydrazone groups is 1. The van der Waals surface area contributed by atoms with E-state index in [9.17, 15) is 4.79 Å². The second-order valence-electron chi connectivity index (χ2n) is 2.96. The summed E-state index contributed by atoms with van der Waals surface area (Å²) in [7, 11) is 1.57. The molecule has 6 heteroatoms. The first-order valence-electron chi connectivity index (χ1n) is 4.41. The highest BCUT2D eigenvalue weighted by Gasteiger charge is 2.03. The first kappa shape index (κ1) is 12.5. The quantitative estimate of drug-likeness (QED) is 0.658. The Morgan fingerprint density at radius 1 is 1.56 bits per heavy atom. The highest BCUT2D eigenvalue weighted by atomic mass is 79.9. The summed E-state index contributed by atoms with van der Waals surface area (Å²) in [5.74, 6) is -0.353. The first-order chi connectivity index (χ1) is 7.54. The number of carbonyl (C=O) groups is 1. The van der Waals surface area contributed by atoms with Gasteiger partial charge in [0.25, 0.3) is 0 Å². The maximum absolute atomic E-state index is 10.5. The molecule has 0 bridgehead atoms. The zero-order valence-electron chi connectivity index (χ0n) is 8.82. The van der Waals surface area contributed by atoms with Crippen molar-refractivity contribution in [2.45, 2.75) is 6.92 Å². The van der Waals surface area contributed by atoms with Crippen molar-refractivity contribution in [3.8, 4) is 5.75 Å². The Morgan fingerprint density at radius 2 is 2.25 bits per heavy atom. The van der Waals surface area contributed by atoms with Gasteiger partial charge in [0.05, 0.1) is 12.8 Å². The zero-order chi connectivity index (χ0) is 12.1. The number of carboxylic acids is 1. The van der Waals surface area contributed by atoms with Crippen LogP contribution in [0.15, 0.2) is 27.8 Å². The third-order valence-corrected chi connectivity index (χ3v) is 2.49. The SMILES string of the molecule is COc1ccc(N/N=C(/C)C(=O)O)c(Br)c1. The number of hydrogen-bond acceptors (Lipinski definition) is 4. The molecule has 0 aliphatic carbocycles. The molecule has 0 fully saturated rings. The molecule has 1 rings (SSSR count). The summed E-state index contributed by atoms with van der Waals surface area (Å²) < 4.78 is 5.77. The fraction of sp³-hybridized carbons (Fsp3) is 0.200. The van der Waals surface area contributed by atoms with Crippen molar-refractivity contribution >= 4 is 33.3 Å². The molecule has 0 aliphatic heterocycles. The molecular weight excluding hydrogens is 276 g/mol. The average molecular weight is 287 g/mol. The van der Waals surface area contributed by atoms with Crippen LogP contribution in [0.4, 0.5) is 5.69 Å². The van der Waals surface area contributed by atoms with Crippen LogP contribution in [0.5, 0.6) is 5.75 Å². The predicted molar refractivity (Wildman–Crippen MR) is 65.1 cm³/mol. The van der Waals surface area contributed by atoms with Crippen molar-refractivity contribution in [3.63, 3.8) is 0 Å². The third kappa shape index (κ3) is 3.23. The van der Waals surface area contributed by atoms with Crippen LogP contribution in [0, 0.1) is 0 Å². The molecule has 1 aromatic rings. The Hall–Kier alpha value is -1.56. The number of aliphatic carboxylic acids is 1. The van der Waals surface area contributed by atoms with Gasteiger partial charge in [0.15, 0.2) is 0 Å². The fourth-order valence-electron chi connectivity index (χ4n) is 0.905. The lowest BCUT2D eigenvalue weighted by Crippen LogP contribution is -2.10. The number of anilines is 1. The van der Waals surface area contributed by atoms with E-state index < -0.39 is 5.97 Å². The molecule has 0 atom stereocenters. The molecule has 2 N–H and O–H groups in total. The fourth-order valence-corrected chi connectivity index (χ4v) is 1.35. The monoisotopic (exact) mass is 286 g/mol. The summed E-state index contributed by atoms with van der Waals surface area (Å²) >= 11 is 3.32. The van der Waals surface area contributed by atoms with Gasteiger partial charge in [0.1, 0.15) is 11.5 Å². The van der Waals surface area contributed by atoms with E-state index in [4.69, 9.17) is 9.84 Å². The van der Waals surface area contributed by atoms with Crippen LogP contribution in [0.25, 0.3) is 0 Å². The number of benzene rings is 1. The van der Waals surface area contributed by atoms with E-state index in [2.05, 4.69) is 26.5 Å². The Labute approximate surface area is 101 Å². The summed E-state index contributed by atoms with van der Waals surface area (Å²) in [5.41, 5.74) is 3.31. The summed E-state index contributed by atoms with van der Waals surface area (Å²) in [6, 6.07) is 5.24. The van der Waals surface area contributed by atoms with Crippen molar-refractivity contribution in [2.24, 2.45) is 5.10 Å². The maximum Gasteiger partial charge on any atom is 0.351 e. The Kier molecular flexibility index (Phi) is 4.30. The van der Waals surface area contributed by atoms with Gasteiger partial charge in [-0.15, -0.1) is 0 Å². The summed E-state index contributed by atoms with van der Waals surface area (Å²) in [5, 5.41) is 12.3. The van der Waals surface area contributed by atoms with Crippen LogP contribution in [-0.2, 0) is 4.79 Å². The minimum absolute atomic E-state index is 0.0114. The van der Waals surface area contributed by atoms with E-state index in [1.54, 1.807) is 25.3 Å². The van der Waals surface area contributed by atoms with Crippen molar-refractivity contribution < 1.29 is 14.6 Å². The average Bonchev–Trinajstić information content (AvgIpc) is 2.26. The standard InChI is InChI=1S/C10H11BrN2O3/c1-6(10(14)15)12-13-9-4-3-7(16-2)5-8(9)11/h3-5,13H,1-2H3,(H,14,15)/b12-6-. The van der Waals surface area contributed by atoms with Gasteiger partial charge in [-0.25, -0.2) is 4.79 Å². The third-order valence-electron chi connectivity index (χ3n) is 1.83. The lowest BCUT2D eigenvalue weighted by molar-refractivity contribution is -0.129. The van der Waals surface area contributed by atoms with Gasteiger partial charge in [-0.3, -0.25) is 5.43 Å². The molecule has 0 spiro atoms. The molecule has 16 heavy (non-hydrogen) atoms. The molecule has 0 unspecified atom stereocenters. The molecule has 1 aromatic carbocycles. The second-order valence-corrected chi connectivity index (χ2v) is 3.81. The summed E-state index contributed by atoms with van der Waals surface area (Å²) in [6.45, 7) is 1.41. The molecular formula is C10H11BrN2O3. The van der Waals surface area contributed by atoms with Crippen LogP contribution >= 0.6 is 15.9 Å². The number of rotatable bonds is 4. The highest BCUT2D eigenvalue weighted by Crippen LogP contribution is 2.26. The molecule has 0 heterocycles. The van der Waals surface area contributed by atoms with E-state index in [0.717, 1.165) is 4.47 Å². The van der Waals surface area contributed by atoms with Gasteiger partial charge in [-0.05, 0) is 41.1 Å². The molecule has 0 amide bonds. The molecule has 0 aliphatic rings. The van der Waals surface area contributed by atoms with Gasteiger partial charge in [-0.1, -0.05) is 0 Å². The molecule has 0 saturated carbocycles. The van der Waals surface area contributed by atoms with Crippen molar-refractivity contribution in [1.29, 1.82) is 0 Å². The van der Waals surface area contributed by atoms with Gasteiger partial charge in [-0.2, -0.15) is 5.10 Å². The smallest absolute Gasteiger partial charge is 0.351 e. The van der Waals surface area contributed by atoms with Crippen LogP contribution < -0.4 is 10.2 Å². The van der Waals surface area contributed by atoms with Crippen LogP contribution in [0.1, 0.15) is 6.92 Å². The number of carboxylic acid groups (broad SMARTS) is 1. The minimum atomic E-state index is -1.06. The van der Waals surface area contributed by atoms with Crippen molar-refractivity contribution in [1.82, 2.24) is 0 Å². The summed E-state index contributed by atoms with van der Waals surface area (Å²) in [6.07, 6.45) is 0. The van der Waals surface area contributed by atoms with E-state index in [1.165, 1.54) is 6.92 Å². The topological polar surface area (TPSA) is 70.9 Å². The van der Waals surface area contributed by atoms with E-state index in [0.29, 0.717) is 11.4 Å². The van der Waals surface area contributed by atoms with E-state index >= 15 is 0 Å². The summed E-state index contributed by atoms with van der Waals surface area (Å²) in [4.78, 5) is 10.5. The van der Waals surface area contributed by atoms with E-state index in [1.807, 2.05) is 0 Å². The number of methoxy groups -OCH3 is 1. The number of hydrogen-bond donors (Lipinski definition) is 2. The van der Waals surface area contributed by atoms with Gasteiger partial charge in [0, 0.05) is 4.47 Å². The van der Waals surface area contributed by atoms with Gasteiger partial charge in [0.2, 0.25) is 0 Å². The van der Waals surface area contributed by atoms with Crippen molar-refractivity contribution in [3.05, 3.63) is 22.7 Å². The van der Waals surface area contributed by atoms with Gasteiger partial charge < -0.3 is 9.84 Å². The number of ether oxygens (including phenoxy) is 1. The normalized spacial score (nSPS) is 11.1. The largest absolute Gasteiger partial charge is 0.497 e. The number of nitrogens with zero attached hydrogens (tertiary/aromatic N) is 1. The minimum Gasteiger partial charge on any atom is -0.497 e. The lowest BCUT2D eigenvalue weighted by atomic mass is 10.3. The Morgan fingerprint density at radius 3 is 2.75 bits per heavy atom. The van der Waals surface area contributed by atoms with Gasteiger partial charge >= 0.3 is 5.97 Å². The van der Waals surface area contributed by atoms with Crippen molar-refractivity contribution in [2.75, 3.05) is 12.5 Å². The van der Waals surface area contributed by atoms with E-state index in [-0.39, 0.29) is 5.71 Å². The molecule has 0 saturated heterocycles. The first-order valence-corrected chi connectivity index (χ1v) is 5.21. The second kappa shape index (κ2) is 5.50. The number of halogens is 1. The zero-order valence-corrected chi connectivity index (χ0v) is 10.4. The predicted octanol–water partition coefficient (Wildman–Crippen LogP) is 2.33. The molecule has 86 valence electrons. The maximum atomic E-state index is 10.5. The highest BCUT2D eigenvalue weighted by molar-refractivity contribution is 9.10. The molecule has 5 nitrogen and oxygen atoms in total. The Bertz CT molecular complexity index is 432. The molecule has 0 aromatic heterocycles. The van der Waals surface area contributed by atoms with Crippen LogP contribution in [0.3, 0.4) is 0 Å². The lowest BCUT2D eigenvalue weighted by Gasteiger charge is -2.06. The number of nitrogens with one attached hydrogen (secondary N) is 1.